The van der Waals surface area contributed by atoms with Crippen LogP contribution in [0.25, 0.3) is 0 Å². The van der Waals surface area contributed by atoms with Gasteiger partial charge < -0.3 is 14.5 Å². The number of amides is 1. The predicted molar refractivity (Wildman–Crippen MR) is 109 cm³/mol. The lowest BCUT2D eigenvalue weighted by Crippen LogP contribution is -2.30. The number of carbonyl (C=O) groups excluding carboxylic acids is 2. The first kappa shape index (κ1) is 24.0. The molecule has 0 bridgehead atoms. The van der Waals surface area contributed by atoms with Crippen molar-refractivity contribution in [2.24, 2.45) is 0 Å². The molecule has 1 unspecified atom stereocenters. The maximum atomic E-state index is 13.7. The summed E-state index contributed by atoms with van der Waals surface area (Å²) < 4.78 is 76.9. The molecular formula is C21H17F3N2O6S. The number of nitrogens with one attached hydrogen (secondary N) is 2. The summed E-state index contributed by atoms with van der Waals surface area (Å²) in [6.07, 6.45) is -0.0249. The Morgan fingerprint density at radius 3 is 2.36 bits per heavy atom. The maximum Gasteiger partial charge on any atom is 0.338 e. The van der Waals surface area contributed by atoms with Crippen molar-refractivity contribution in [2.75, 3.05) is 5.32 Å². The Balaban J connectivity index is 1.60. The van der Waals surface area contributed by atoms with Crippen LogP contribution in [0.2, 0.25) is 0 Å². The standard InChI is InChI=1S/C21H17F3N2O6S/c1-12(20(27)26-17-9-8-16(22)18(23)19(17)24)32-21(28)13-4-6-15(7-5-13)33(29,30)25-11-14-3-2-10-31-14/h2-10,12,25H,11H2,1H3,(H,26,27). The summed E-state index contributed by atoms with van der Waals surface area (Å²) in [5.74, 6) is -6.32. The molecule has 1 aromatic heterocycles. The van der Waals surface area contributed by atoms with E-state index >= 15 is 0 Å². The van der Waals surface area contributed by atoms with Crippen molar-refractivity contribution in [3.05, 3.63) is 83.6 Å². The summed E-state index contributed by atoms with van der Waals surface area (Å²) in [7, 11) is -3.88. The Morgan fingerprint density at radius 2 is 1.73 bits per heavy atom. The SMILES string of the molecule is CC(OC(=O)c1ccc(S(=O)(=O)NCc2ccco2)cc1)C(=O)Nc1ccc(F)c(F)c1F. The summed E-state index contributed by atoms with van der Waals surface area (Å²) in [6.45, 7) is 1.12. The lowest BCUT2D eigenvalue weighted by atomic mass is 10.2. The highest BCUT2D eigenvalue weighted by Crippen LogP contribution is 2.20. The summed E-state index contributed by atoms with van der Waals surface area (Å²) in [5.41, 5.74) is -0.683. The number of sulfonamides is 1. The lowest BCUT2D eigenvalue weighted by molar-refractivity contribution is -0.123. The van der Waals surface area contributed by atoms with E-state index in [1.165, 1.54) is 37.5 Å². The van der Waals surface area contributed by atoms with Gasteiger partial charge in [-0.2, -0.15) is 0 Å². The third kappa shape index (κ3) is 5.79. The second-order valence-corrected chi connectivity index (χ2v) is 8.45. The van der Waals surface area contributed by atoms with E-state index in [-0.39, 0.29) is 17.0 Å². The van der Waals surface area contributed by atoms with Crippen LogP contribution >= 0.6 is 0 Å². The summed E-state index contributed by atoms with van der Waals surface area (Å²) in [6, 6.07) is 9.36. The quantitative estimate of drug-likeness (QED) is 0.376. The fraction of sp³-hybridized carbons (Fsp3) is 0.143. The summed E-state index contributed by atoms with van der Waals surface area (Å²) >= 11 is 0. The van der Waals surface area contributed by atoms with Gasteiger partial charge in [-0.05, 0) is 55.5 Å². The predicted octanol–water partition coefficient (Wildman–Crippen LogP) is 3.36. The van der Waals surface area contributed by atoms with Gasteiger partial charge in [-0.25, -0.2) is 31.1 Å². The van der Waals surface area contributed by atoms with Crippen LogP contribution < -0.4 is 10.0 Å². The van der Waals surface area contributed by atoms with Crippen LogP contribution in [0, 0.1) is 17.5 Å². The smallest absolute Gasteiger partial charge is 0.338 e. The molecule has 33 heavy (non-hydrogen) atoms. The zero-order valence-electron chi connectivity index (χ0n) is 17.0. The van der Waals surface area contributed by atoms with Crippen molar-refractivity contribution in [3.8, 4) is 0 Å². The van der Waals surface area contributed by atoms with Crippen LogP contribution in [-0.4, -0.2) is 26.4 Å². The Bertz CT molecular complexity index is 1260. The Kier molecular flexibility index (Phi) is 7.19. The first-order chi connectivity index (χ1) is 15.6. The zero-order valence-corrected chi connectivity index (χ0v) is 17.8. The molecular weight excluding hydrogens is 465 g/mol. The largest absolute Gasteiger partial charge is 0.468 e. The van der Waals surface area contributed by atoms with Crippen molar-refractivity contribution >= 4 is 27.6 Å². The van der Waals surface area contributed by atoms with Crippen LogP contribution in [0.5, 0.6) is 0 Å². The van der Waals surface area contributed by atoms with E-state index in [2.05, 4.69) is 4.72 Å². The molecule has 3 aromatic rings. The minimum absolute atomic E-state index is 0.0568. The molecule has 1 atom stereocenters. The number of hydrogen-bond donors (Lipinski definition) is 2. The Hall–Kier alpha value is -3.64. The molecule has 8 nitrogen and oxygen atoms in total. The van der Waals surface area contributed by atoms with Gasteiger partial charge in [-0.3, -0.25) is 4.79 Å². The van der Waals surface area contributed by atoms with Crippen molar-refractivity contribution in [3.63, 3.8) is 0 Å². The van der Waals surface area contributed by atoms with E-state index < -0.39 is 51.1 Å². The van der Waals surface area contributed by atoms with E-state index in [4.69, 9.17) is 9.15 Å². The Morgan fingerprint density at radius 1 is 1.03 bits per heavy atom. The van der Waals surface area contributed by atoms with Gasteiger partial charge in [0.25, 0.3) is 5.91 Å². The van der Waals surface area contributed by atoms with Gasteiger partial charge in [0.05, 0.1) is 29.0 Å². The van der Waals surface area contributed by atoms with Gasteiger partial charge in [-0.1, -0.05) is 0 Å². The minimum Gasteiger partial charge on any atom is -0.468 e. The number of furan rings is 1. The number of rotatable bonds is 8. The average molecular weight is 482 g/mol. The van der Waals surface area contributed by atoms with Crippen molar-refractivity contribution in [1.29, 1.82) is 0 Å². The second kappa shape index (κ2) is 9.88. The first-order valence-electron chi connectivity index (χ1n) is 9.36. The van der Waals surface area contributed by atoms with Crippen LogP contribution in [0.3, 0.4) is 0 Å². The number of halogens is 3. The van der Waals surface area contributed by atoms with E-state index in [9.17, 15) is 31.2 Å². The van der Waals surface area contributed by atoms with Gasteiger partial charge in [0.15, 0.2) is 23.6 Å². The fourth-order valence-electron chi connectivity index (χ4n) is 2.57. The summed E-state index contributed by atoms with van der Waals surface area (Å²) in [5, 5.41) is 2.00. The fourth-order valence-corrected chi connectivity index (χ4v) is 3.57. The number of anilines is 1. The maximum absolute atomic E-state index is 13.7. The topological polar surface area (TPSA) is 115 Å². The molecule has 174 valence electrons. The molecule has 0 aliphatic heterocycles. The molecule has 3 rings (SSSR count). The first-order valence-corrected chi connectivity index (χ1v) is 10.8. The van der Waals surface area contributed by atoms with Crippen molar-refractivity contribution < 1.29 is 40.3 Å². The number of hydrogen-bond acceptors (Lipinski definition) is 6. The van der Waals surface area contributed by atoms with Crippen molar-refractivity contribution in [1.82, 2.24) is 4.72 Å². The normalized spacial score (nSPS) is 12.2. The van der Waals surface area contributed by atoms with Gasteiger partial charge in [0.1, 0.15) is 5.76 Å². The van der Waals surface area contributed by atoms with Gasteiger partial charge in [0.2, 0.25) is 10.0 Å². The lowest BCUT2D eigenvalue weighted by Gasteiger charge is -2.14. The van der Waals surface area contributed by atoms with Crippen LogP contribution in [0.4, 0.5) is 18.9 Å². The number of carbonyl (C=O) groups is 2. The highest BCUT2D eigenvalue weighted by atomic mass is 32.2. The molecule has 1 heterocycles. The van der Waals surface area contributed by atoms with Gasteiger partial charge in [0, 0.05) is 0 Å². The molecule has 0 aliphatic carbocycles. The molecule has 2 N–H and O–H groups in total. The zero-order chi connectivity index (χ0) is 24.2. The molecule has 0 radical (unpaired) electrons. The van der Waals surface area contributed by atoms with Crippen molar-refractivity contribution in [2.45, 2.75) is 24.5 Å². The third-order valence-electron chi connectivity index (χ3n) is 4.36. The molecule has 1 amide bonds. The number of esters is 1. The van der Waals surface area contributed by atoms with Gasteiger partial charge in [-0.15, -0.1) is 0 Å². The molecule has 0 saturated heterocycles. The third-order valence-corrected chi connectivity index (χ3v) is 5.78. The molecule has 0 aliphatic rings. The average Bonchev–Trinajstić information content (AvgIpc) is 3.32. The van der Waals surface area contributed by atoms with Crippen LogP contribution in [0.1, 0.15) is 23.0 Å². The highest BCUT2D eigenvalue weighted by molar-refractivity contribution is 7.89. The van der Waals surface area contributed by atoms with E-state index in [0.29, 0.717) is 11.8 Å². The number of ether oxygens (including phenoxy) is 1. The minimum atomic E-state index is -3.88. The van der Waals surface area contributed by atoms with E-state index in [0.717, 1.165) is 6.07 Å². The molecule has 0 saturated carbocycles. The Labute approximate surface area is 186 Å². The monoisotopic (exact) mass is 482 g/mol. The molecule has 0 spiro atoms. The van der Waals surface area contributed by atoms with E-state index in [1.807, 2.05) is 5.32 Å². The molecule has 2 aromatic carbocycles. The molecule has 12 heteroatoms. The van der Waals surface area contributed by atoms with Crippen LogP contribution in [-0.2, 0) is 26.1 Å². The van der Waals surface area contributed by atoms with E-state index in [1.54, 1.807) is 12.1 Å². The van der Waals surface area contributed by atoms with Gasteiger partial charge >= 0.3 is 5.97 Å². The molecule has 0 fully saturated rings. The second-order valence-electron chi connectivity index (χ2n) is 6.69. The number of benzene rings is 2. The summed E-state index contributed by atoms with van der Waals surface area (Å²) in [4.78, 5) is 24.3. The van der Waals surface area contributed by atoms with Crippen LogP contribution in [0.15, 0.2) is 64.1 Å². The highest BCUT2D eigenvalue weighted by Gasteiger charge is 2.22.